The number of rotatable bonds is 6. The molecule has 1 heterocycles. The fourth-order valence-corrected chi connectivity index (χ4v) is 4.14. The lowest BCUT2D eigenvalue weighted by Crippen LogP contribution is -2.22. The van der Waals surface area contributed by atoms with Gasteiger partial charge < -0.3 is 5.32 Å². The Morgan fingerprint density at radius 1 is 1.06 bits per heavy atom. The first kappa shape index (κ1) is 25.2. The molecule has 172 valence electrons. The van der Waals surface area contributed by atoms with Crippen LogP contribution in [0.3, 0.4) is 0 Å². The molecule has 0 aliphatic carbocycles. The Hall–Kier alpha value is -2.41. The summed E-state index contributed by atoms with van der Waals surface area (Å²) < 4.78 is 41.1. The predicted octanol–water partition coefficient (Wildman–Crippen LogP) is 7.83. The van der Waals surface area contributed by atoms with Crippen molar-refractivity contribution in [2.45, 2.75) is 32.5 Å². The topological polar surface area (TPSA) is 24.9 Å². The summed E-state index contributed by atoms with van der Waals surface area (Å²) in [5, 5.41) is 3.51. The van der Waals surface area contributed by atoms with Crippen molar-refractivity contribution >= 4 is 46.5 Å². The molecule has 1 atom stereocenters. The molecule has 3 aromatic rings. The molecule has 0 bridgehead atoms. The summed E-state index contributed by atoms with van der Waals surface area (Å²) in [6, 6.07) is 13.2. The number of allylic oxidation sites excluding steroid dienone is 1. The number of nitrogens with zero attached hydrogens (tertiary/aromatic N) is 1. The summed E-state index contributed by atoms with van der Waals surface area (Å²) >= 11 is 17.3. The molecule has 0 saturated carbocycles. The highest BCUT2D eigenvalue weighted by Crippen LogP contribution is 2.38. The van der Waals surface area contributed by atoms with Gasteiger partial charge in [0.05, 0.1) is 5.92 Å². The van der Waals surface area contributed by atoms with E-state index in [1.54, 1.807) is 24.4 Å². The quantitative estimate of drug-likeness (QED) is 0.343. The number of hydrogen-bond donors (Lipinski definition) is 1. The first-order valence-corrected chi connectivity index (χ1v) is 11.2. The number of aromatic nitrogens is 1. The molecule has 1 unspecified atom stereocenters. The number of halogens is 5. The van der Waals surface area contributed by atoms with Crippen LogP contribution in [0.25, 0.3) is 6.08 Å². The highest BCUT2D eigenvalue weighted by Gasteiger charge is 2.39. The van der Waals surface area contributed by atoms with Crippen molar-refractivity contribution < 1.29 is 13.2 Å². The molecule has 2 nitrogen and oxygen atoms in total. The van der Waals surface area contributed by atoms with E-state index in [0.29, 0.717) is 17.1 Å². The van der Waals surface area contributed by atoms with Crippen molar-refractivity contribution in [1.82, 2.24) is 10.3 Å². The molecule has 0 radical (unpaired) electrons. The number of alkyl halides is 3. The van der Waals surface area contributed by atoms with Gasteiger partial charge in [0.1, 0.15) is 4.99 Å². The summed E-state index contributed by atoms with van der Waals surface area (Å²) in [5.41, 5.74) is 4.22. The van der Waals surface area contributed by atoms with Gasteiger partial charge in [0.15, 0.2) is 0 Å². The lowest BCUT2D eigenvalue weighted by Gasteiger charge is -2.18. The van der Waals surface area contributed by atoms with E-state index in [4.69, 9.17) is 35.4 Å². The SMILES string of the molecule is Cc1ccc(CNC(=S)c2ccc(/C=C/C(c3cc(Cl)cc(Cl)c3)C(F)(F)F)cc2C)cn1. The van der Waals surface area contributed by atoms with Crippen LogP contribution in [0.5, 0.6) is 0 Å². The number of pyridine rings is 1. The van der Waals surface area contributed by atoms with Crippen molar-refractivity contribution in [3.63, 3.8) is 0 Å². The van der Waals surface area contributed by atoms with Gasteiger partial charge in [-0.3, -0.25) is 4.98 Å². The summed E-state index contributed by atoms with van der Waals surface area (Å²) in [4.78, 5) is 4.82. The Kier molecular flexibility index (Phi) is 8.16. The third-order valence-electron chi connectivity index (χ3n) is 5.00. The monoisotopic (exact) mass is 508 g/mol. The molecule has 1 aromatic heterocycles. The van der Waals surface area contributed by atoms with E-state index in [0.717, 1.165) is 28.5 Å². The van der Waals surface area contributed by atoms with Gasteiger partial charge in [-0.25, -0.2) is 0 Å². The zero-order chi connectivity index (χ0) is 24.2. The minimum Gasteiger partial charge on any atom is -0.372 e. The van der Waals surface area contributed by atoms with E-state index in [2.05, 4.69) is 10.3 Å². The maximum Gasteiger partial charge on any atom is 0.399 e. The molecule has 3 rings (SSSR count). The molecule has 0 aliphatic heterocycles. The molecule has 8 heteroatoms. The summed E-state index contributed by atoms with van der Waals surface area (Å²) in [6.07, 6.45) is -0.152. The summed E-state index contributed by atoms with van der Waals surface area (Å²) in [7, 11) is 0. The molecule has 0 amide bonds. The van der Waals surface area contributed by atoms with Gasteiger partial charge in [-0.15, -0.1) is 0 Å². The zero-order valence-corrected chi connectivity index (χ0v) is 20.2. The second kappa shape index (κ2) is 10.7. The Labute approximate surface area is 206 Å². The minimum absolute atomic E-state index is 0.0134. The largest absolute Gasteiger partial charge is 0.399 e. The normalized spacial score (nSPS) is 12.7. The number of thiocarbonyl (C=S) groups is 1. The van der Waals surface area contributed by atoms with Crippen molar-refractivity contribution in [3.8, 4) is 0 Å². The standard InChI is InChI=1S/C25H21Cl2F3N2S/c1-15-9-17(5-7-22(15)24(33)32-14-18-4-3-16(2)31-13-18)6-8-23(25(28,29)30)19-10-20(26)12-21(27)11-19/h3-13,23H,14H2,1-2H3,(H,32,33)/b8-6+. The molecule has 2 aromatic carbocycles. The van der Waals surface area contributed by atoms with E-state index in [9.17, 15) is 13.2 Å². The number of aryl methyl sites for hydroxylation is 2. The number of hydrogen-bond acceptors (Lipinski definition) is 2. The van der Waals surface area contributed by atoms with Crippen molar-refractivity contribution in [2.75, 3.05) is 0 Å². The Bertz CT molecular complexity index is 1160. The van der Waals surface area contributed by atoms with Crippen LogP contribution in [-0.2, 0) is 6.54 Å². The average molecular weight is 509 g/mol. The average Bonchev–Trinajstić information content (AvgIpc) is 2.71. The third-order valence-corrected chi connectivity index (χ3v) is 5.80. The molecule has 0 spiro atoms. The number of nitrogens with one attached hydrogen (secondary N) is 1. The zero-order valence-electron chi connectivity index (χ0n) is 17.9. The fourth-order valence-electron chi connectivity index (χ4n) is 3.30. The smallest absolute Gasteiger partial charge is 0.372 e. The molecular weight excluding hydrogens is 488 g/mol. The highest BCUT2D eigenvalue weighted by molar-refractivity contribution is 7.80. The second-order valence-electron chi connectivity index (χ2n) is 7.65. The second-order valence-corrected chi connectivity index (χ2v) is 8.93. The fraction of sp³-hybridized carbons (Fsp3) is 0.200. The van der Waals surface area contributed by atoms with Crippen LogP contribution in [0.15, 0.2) is 60.8 Å². The highest BCUT2D eigenvalue weighted by atomic mass is 35.5. The van der Waals surface area contributed by atoms with Gasteiger partial charge in [-0.2, -0.15) is 13.2 Å². The Morgan fingerprint density at radius 3 is 2.33 bits per heavy atom. The third kappa shape index (κ3) is 7.03. The van der Waals surface area contributed by atoms with Gasteiger partial charge in [-0.1, -0.05) is 71.8 Å². The van der Waals surface area contributed by atoms with Crippen molar-refractivity contribution in [1.29, 1.82) is 0 Å². The van der Waals surface area contributed by atoms with Crippen LogP contribution in [0, 0.1) is 13.8 Å². The van der Waals surface area contributed by atoms with Gasteiger partial charge in [0, 0.05) is 34.0 Å². The van der Waals surface area contributed by atoms with E-state index in [1.807, 2.05) is 26.0 Å². The maximum atomic E-state index is 13.7. The van der Waals surface area contributed by atoms with Crippen LogP contribution >= 0.6 is 35.4 Å². The van der Waals surface area contributed by atoms with Gasteiger partial charge in [0.2, 0.25) is 0 Å². The first-order chi connectivity index (χ1) is 15.5. The van der Waals surface area contributed by atoms with Crippen LogP contribution in [0.2, 0.25) is 10.0 Å². The van der Waals surface area contributed by atoms with Gasteiger partial charge in [-0.05, 0) is 60.4 Å². The lowest BCUT2D eigenvalue weighted by molar-refractivity contribution is -0.139. The van der Waals surface area contributed by atoms with Crippen molar-refractivity contribution in [3.05, 3.63) is 104 Å². The molecule has 33 heavy (non-hydrogen) atoms. The summed E-state index contributed by atoms with van der Waals surface area (Å²) in [5.74, 6) is -1.83. The number of benzene rings is 2. The Balaban J connectivity index is 1.76. The molecular formula is C25H21Cl2F3N2S. The predicted molar refractivity (Wildman–Crippen MR) is 133 cm³/mol. The minimum atomic E-state index is -4.49. The van der Waals surface area contributed by atoms with Crippen molar-refractivity contribution in [2.24, 2.45) is 0 Å². The molecule has 1 N–H and O–H groups in total. The van der Waals surface area contributed by atoms with Crippen LogP contribution < -0.4 is 5.32 Å². The molecule has 0 fully saturated rings. The van der Waals surface area contributed by atoms with E-state index < -0.39 is 12.1 Å². The van der Waals surface area contributed by atoms with E-state index in [1.165, 1.54) is 24.3 Å². The van der Waals surface area contributed by atoms with E-state index in [-0.39, 0.29) is 15.6 Å². The molecule has 0 saturated heterocycles. The maximum absolute atomic E-state index is 13.7. The van der Waals surface area contributed by atoms with Crippen LogP contribution in [-0.4, -0.2) is 16.1 Å². The van der Waals surface area contributed by atoms with E-state index >= 15 is 0 Å². The lowest BCUT2D eigenvalue weighted by atomic mass is 9.96. The van der Waals surface area contributed by atoms with Crippen LogP contribution in [0.1, 0.15) is 39.4 Å². The first-order valence-electron chi connectivity index (χ1n) is 10.0. The van der Waals surface area contributed by atoms with Gasteiger partial charge in [0.25, 0.3) is 0 Å². The summed E-state index contributed by atoms with van der Waals surface area (Å²) in [6.45, 7) is 4.32. The van der Waals surface area contributed by atoms with Crippen LogP contribution in [0.4, 0.5) is 13.2 Å². The Morgan fingerprint density at radius 2 is 1.76 bits per heavy atom. The van der Waals surface area contributed by atoms with Gasteiger partial charge >= 0.3 is 6.18 Å². The molecule has 0 aliphatic rings.